The molecule has 0 radical (unpaired) electrons. The van der Waals surface area contributed by atoms with Gasteiger partial charge in [0.25, 0.3) is 5.91 Å². The summed E-state index contributed by atoms with van der Waals surface area (Å²) in [7, 11) is 0. The summed E-state index contributed by atoms with van der Waals surface area (Å²) in [5.41, 5.74) is 0.759. The fourth-order valence-electron chi connectivity index (χ4n) is 2.39. The van der Waals surface area contributed by atoms with Crippen molar-refractivity contribution in [2.75, 3.05) is 13.1 Å². The molecule has 0 spiro atoms. The van der Waals surface area contributed by atoms with Crippen LogP contribution in [0.2, 0.25) is 0 Å². The van der Waals surface area contributed by atoms with Crippen molar-refractivity contribution in [3.8, 4) is 0 Å². The number of carboxylic acids is 1. The van der Waals surface area contributed by atoms with Gasteiger partial charge >= 0.3 is 5.97 Å². The third-order valence-corrected chi connectivity index (χ3v) is 3.32. The van der Waals surface area contributed by atoms with Crippen molar-refractivity contribution in [3.63, 3.8) is 0 Å². The van der Waals surface area contributed by atoms with Gasteiger partial charge in [0.2, 0.25) is 0 Å². The number of hydrogen-bond donors (Lipinski definition) is 1. The van der Waals surface area contributed by atoms with Crippen LogP contribution in [0.25, 0.3) is 0 Å². The van der Waals surface area contributed by atoms with Gasteiger partial charge in [0.1, 0.15) is 0 Å². The van der Waals surface area contributed by atoms with Crippen LogP contribution in [0.5, 0.6) is 0 Å². The zero-order chi connectivity index (χ0) is 14.7. The van der Waals surface area contributed by atoms with Gasteiger partial charge < -0.3 is 10.0 Å². The minimum absolute atomic E-state index is 0.0586. The van der Waals surface area contributed by atoms with Crippen LogP contribution in [0.4, 0.5) is 0 Å². The van der Waals surface area contributed by atoms with Gasteiger partial charge in [-0.15, -0.1) is 10.2 Å². The third-order valence-electron chi connectivity index (χ3n) is 3.32. The Balaban J connectivity index is 2.30. The zero-order valence-electron chi connectivity index (χ0n) is 11.8. The molecule has 1 N–H and O–H groups in total. The SMILES string of the molecule is CC(C)Cc1cc(C(=O)N2CCCC2)nnc1C(=O)O. The summed E-state index contributed by atoms with van der Waals surface area (Å²) in [6.07, 6.45) is 2.58. The molecular formula is C14H19N3O3. The molecule has 1 fully saturated rings. The Morgan fingerprint density at radius 1 is 1.30 bits per heavy atom. The average molecular weight is 277 g/mol. The lowest BCUT2D eigenvalue weighted by Gasteiger charge is -2.15. The molecule has 0 bridgehead atoms. The van der Waals surface area contributed by atoms with Gasteiger partial charge in [0, 0.05) is 13.1 Å². The molecule has 0 aromatic carbocycles. The summed E-state index contributed by atoms with van der Waals surface area (Å²) in [5.74, 6) is -0.975. The Morgan fingerprint density at radius 2 is 1.95 bits per heavy atom. The number of nitrogens with zero attached hydrogens (tertiary/aromatic N) is 3. The Morgan fingerprint density at radius 3 is 2.50 bits per heavy atom. The van der Waals surface area contributed by atoms with E-state index >= 15 is 0 Å². The van der Waals surface area contributed by atoms with E-state index in [9.17, 15) is 9.59 Å². The number of carbonyl (C=O) groups excluding carboxylic acids is 1. The summed E-state index contributed by atoms with van der Waals surface area (Å²) in [4.78, 5) is 25.1. The minimum atomic E-state index is -1.10. The zero-order valence-corrected chi connectivity index (χ0v) is 11.8. The molecule has 1 aromatic heterocycles. The van der Waals surface area contributed by atoms with Crippen molar-refractivity contribution in [2.24, 2.45) is 5.92 Å². The molecule has 0 atom stereocenters. The Hall–Kier alpha value is -1.98. The number of carboxylic acid groups (broad SMARTS) is 1. The van der Waals surface area contributed by atoms with E-state index in [2.05, 4.69) is 10.2 Å². The van der Waals surface area contributed by atoms with Crippen molar-refractivity contribution < 1.29 is 14.7 Å². The standard InChI is InChI=1S/C14H19N3O3/c1-9(2)7-10-8-11(15-16-12(10)14(19)20)13(18)17-5-3-4-6-17/h8-9H,3-7H2,1-2H3,(H,19,20). The summed E-state index contributed by atoms with van der Waals surface area (Å²) in [6.45, 7) is 5.46. The highest BCUT2D eigenvalue weighted by molar-refractivity contribution is 5.94. The monoisotopic (exact) mass is 277 g/mol. The quantitative estimate of drug-likeness (QED) is 0.904. The lowest BCUT2D eigenvalue weighted by molar-refractivity contribution is 0.0684. The summed E-state index contributed by atoms with van der Waals surface area (Å²) >= 11 is 0. The maximum absolute atomic E-state index is 12.2. The molecule has 0 saturated carbocycles. The van der Waals surface area contributed by atoms with Crippen LogP contribution in [0.15, 0.2) is 6.07 Å². The number of amides is 1. The van der Waals surface area contributed by atoms with Crippen LogP contribution in [0.3, 0.4) is 0 Å². The molecule has 1 amide bonds. The Labute approximate surface area is 117 Å². The first-order valence-electron chi connectivity index (χ1n) is 6.88. The van der Waals surface area contributed by atoms with Crippen molar-refractivity contribution in [3.05, 3.63) is 23.0 Å². The van der Waals surface area contributed by atoms with E-state index in [4.69, 9.17) is 5.11 Å². The van der Waals surface area contributed by atoms with Crippen LogP contribution in [0.1, 0.15) is 53.2 Å². The first-order chi connectivity index (χ1) is 9.49. The van der Waals surface area contributed by atoms with Crippen molar-refractivity contribution in [1.82, 2.24) is 15.1 Å². The van der Waals surface area contributed by atoms with E-state index in [-0.39, 0.29) is 23.2 Å². The second kappa shape index (κ2) is 5.98. The lowest BCUT2D eigenvalue weighted by atomic mass is 10.0. The molecule has 1 aliphatic rings. The predicted molar refractivity (Wildman–Crippen MR) is 72.7 cm³/mol. The molecular weight excluding hydrogens is 258 g/mol. The van der Waals surface area contributed by atoms with Gasteiger partial charge in [-0.25, -0.2) is 4.79 Å². The molecule has 1 saturated heterocycles. The third kappa shape index (κ3) is 3.12. The summed E-state index contributed by atoms with van der Waals surface area (Å²) < 4.78 is 0. The van der Waals surface area contributed by atoms with Crippen molar-refractivity contribution in [1.29, 1.82) is 0 Å². The molecule has 1 aliphatic heterocycles. The molecule has 6 nitrogen and oxygen atoms in total. The lowest BCUT2D eigenvalue weighted by Crippen LogP contribution is -2.29. The number of hydrogen-bond acceptors (Lipinski definition) is 4. The predicted octanol–water partition coefficient (Wildman–Crippen LogP) is 1.61. The van der Waals surface area contributed by atoms with Crippen LogP contribution in [0, 0.1) is 5.92 Å². The van der Waals surface area contributed by atoms with E-state index in [0.717, 1.165) is 25.9 Å². The van der Waals surface area contributed by atoms with Crippen molar-refractivity contribution in [2.45, 2.75) is 33.1 Å². The Kier molecular flexibility index (Phi) is 4.32. The van der Waals surface area contributed by atoms with Crippen LogP contribution in [-0.2, 0) is 6.42 Å². The van der Waals surface area contributed by atoms with E-state index < -0.39 is 5.97 Å². The highest BCUT2D eigenvalue weighted by Crippen LogP contribution is 2.16. The number of aromatic carboxylic acids is 1. The second-order valence-electron chi connectivity index (χ2n) is 5.51. The van der Waals surface area contributed by atoms with E-state index in [0.29, 0.717) is 12.0 Å². The Bertz CT molecular complexity index is 522. The van der Waals surface area contributed by atoms with Crippen LogP contribution < -0.4 is 0 Å². The fraction of sp³-hybridized carbons (Fsp3) is 0.571. The van der Waals surface area contributed by atoms with E-state index in [1.54, 1.807) is 11.0 Å². The molecule has 20 heavy (non-hydrogen) atoms. The van der Waals surface area contributed by atoms with Gasteiger partial charge in [0.15, 0.2) is 11.4 Å². The second-order valence-corrected chi connectivity index (χ2v) is 5.51. The highest BCUT2D eigenvalue weighted by atomic mass is 16.4. The molecule has 6 heteroatoms. The number of rotatable bonds is 4. The molecule has 0 aliphatic carbocycles. The van der Waals surface area contributed by atoms with Crippen LogP contribution in [-0.4, -0.2) is 45.2 Å². The molecule has 108 valence electrons. The maximum Gasteiger partial charge on any atom is 0.356 e. The molecule has 2 rings (SSSR count). The minimum Gasteiger partial charge on any atom is -0.476 e. The van der Waals surface area contributed by atoms with Gasteiger partial charge in [-0.1, -0.05) is 13.8 Å². The maximum atomic E-state index is 12.2. The number of likely N-dealkylation sites (tertiary alicyclic amines) is 1. The molecule has 0 unspecified atom stereocenters. The number of aromatic nitrogens is 2. The van der Waals surface area contributed by atoms with E-state index in [1.807, 2.05) is 13.8 Å². The smallest absolute Gasteiger partial charge is 0.356 e. The first-order valence-corrected chi connectivity index (χ1v) is 6.88. The first kappa shape index (κ1) is 14.4. The van der Waals surface area contributed by atoms with Gasteiger partial charge in [-0.3, -0.25) is 4.79 Å². The van der Waals surface area contributed by atoms with Gasteiger partial charge in [0.05, 0.1) is 0 Å². The largest absolute Gasteiger partial charge is 0.476 e. The fourth-order valence-corrected chi connectivity index (χ4v) is 2.39. The van der Waals surface area contributed by atoms with E-state index in [1.165, 1.54) is 0 Å². The average Bonchev–Trinajstić information content (AvgIpc) is 2.90. The summed E-state index contributed by atoms with van der Waals surface area (Å²) in [5, 5.41) is 16.6. The molecule has 1 aromatic rings. The van der Waals surface area contributed by atoms with Crippen molar-refractivity contribution >= 4 is 11.9 Å². The van der Waals surface area contributed by atoms with Gasteiger partial charge in [-0.05, 0) is 36.8 Å². The summed E-state index contributed by atoms with van der Waals surface area (Å²) in [6, 6.07) is 1.58. The molecule has 2 heterocycles. The number of carbonyl (C=O) groups is 2. The normalized spacial score (nSPS) is 14.8. The van der Waals surface area contributed by atoms with Crippen LogP contribution >= 0.6 is 0 Å². The highest BCUT2D eigenvalue weighted by Gasteiger charge is 2.23. The topological polar surface area (TPSA) is 83.4 Å². The van der Waals surface area contributed by atoms with Gasteiger partial charge in [-0.2, -0.15) is 0 Å².